The smallest absolute Gasteiger partial charge is 0.272 e. The van der Waals surface area contributed by atoms with Crippen LogP contribution < -0.4 is 0 Å². The number of aromatic nitrogens is 4. The predicted molar refractivity (Wildman–Crippen MR) is 90.9 cm³/mol. The van der Waals surface area contributed by atoms with E-state index in [4.69, 9.17) is 4.74 Å². The van der Waals surface area contributed by atoms with Crippen molar-refractivity contribution in [3.63, 3.8) is 0 Å². The lowest BCUT2D eigenvalue weighted by atomic mass is 9.84. The summed E-state index contributed by atoms with van der Waals surface area (Å²) in [4.78, 5) is 22.7. The fraction of sp³-hybridized carbons (Fsp3) is 0.556. The van der Waals surface area contributed by atoms with Crippen molar-refractivity contribution in [1.82, 2.24) is 24.6 Å². The average molecular weight is 341 g/mol. The Morgan fingerprint density at radius 3 is 2.76 bits per heavy atom. The molecule has 1 amide bonds. The zero-order chi connectivity index (χ0) is 17.3. The van der Waals surface area contributed by atoms with Gasteiger partial charge < -0.3 is 9.64 Å². The van der Waals surface area contributed by atoms with Crippen molar-refractivity contribution in [1.29, 1.82) is 0 Å². The Morgan fingerprint density at radius 1 is 1.32 bits per heavy atom. The van der Waals surface area contributed by atoms with Crippen LogP contribution in [0.1, 0.15) is 35.3 Å². The van der Waals surface area contributed by atoms with Crippen LogP contribution in [0.15, 0.2) is 31.0 Å². The lowest BCUT2D eigenvalue weighted by Gasteiger charge is -2.38. The molecule has 25 heavy (non-hydrogen) atoms. The van der Waals surface area contributed by atoms with Crippen molar-refractivity contribution < 1.29 is 9.53 Å². The van der Waals surface area contributed by atoms with Crippen molar-refractivity contribution in [3.05, 3.63) is 42.2 Å². The molecule has 4 rings (SSSR count). The first-order valence-corrected chi connectivity index (χ1v) is 8.80. The van der Waals surface area contributed by atoms with Crippen molar-refractivity contribution in [2.45, 2.75) is 31.3 Å². The first kappa shape index (κ1) is 16.2. The van der Waals surface area contributed by atoms with E-state index in [9.17, 15) is 4.79 Å². The third-order valence-corrected chi connectivity index (χ3v) is 5.43. The second kappa shape index (κ2) is 6.55. The van der Waals surface area contributed by atoms with E-state index >= 15 is 0 Å². The number of rotatable bonds is 3. The molecule has 2 aromatic rings. The van der Waals surface area contributed by atoms with Gasteiger partial charge in [-0.2, -0.15) is 5.10 Å². The van der Waals surface area contributed by atoms with E-state index in [1.54, 1.807) is 30.3 Å². The van der Waals surface area contributed by atoms with Crippen LogP contribution in [0.3, 0.4) is 0 Å². The van der Waals surface area contributed by atoms with E-state index in [2.05, 4.69) is 15.1 Å². The Morgan fingerprint density at radius 2 is 2.08 bits per heavy atom. The molecule has 1 spiro atoms. The Bertz CT molecular complexity index is 737. The van der Waals surface area contributed by atoms with E-state index < -0.39 is 0 Å². The number of ether oxygens (including phenoxy) is 1. The molecule has 2 aromatic heterocycles. The van der Waals surface area contributed by atoms with Crippen LogP contribution in [-0.2, 0) is 18.2 Å². The fourth-order valence-corrected chi connectivity index (χ4v) is 4.05. The first-order chi connectivity index (χ1) is 12.2. The average Bonchev–Trinajstić information content (AvgIpc) is 3.23. The molecule has 0 saturated carbocycles. The molecule has 7 nitrogen and oxygen atoms in total. The molecule has 2 fully saturated rings. The van der Waals surface area contributed by atoms with Crippen molar-refractivity contribution in [3.8, 4) is 0 Å². The van der Waals surface area contributed by atoms with Crippen LogP contribution in [0.5, 0.6) is 0 Å². The van der Waals surface area contributed by atoms with Gasteiger partial charge in [-0.25, -0.2) is 9.97 Å². The maximum Gasteiger partial charge on any atom is 0.272 e. The lowest BCUT2D eigenvalue weighted by molar-refractivity contribution is -0.0392. The number of amides is 1. The Labute approximate surface area is 147 Å². The fourth-order valence-electron chi connectivity index (χ4n) is 4.05. The van der Waals surface area contributed by atoms with Gasteiger partial charge in [0.25, 0.3) is 5.91 Å². The van der Waals surface area contributed by atoms with Crippen molar-refractivity contribution >= 4 is 5.91 Å². The van der Waals surface area contributed by atoms with Gasteiger partial charge >= 0.3 is 0 Å². The third-order valence-electron chi connectivity index (χ3n) is 5.43. The molecular weight excluding hydrogens is 318 g/mol. The molecule has 0 bridgehead atoms. The molecule has 2 aliphatic heterocycles. The number of nitrogens with zero attached hydrogens (tertiary/aromatic N) is 5. The van der Waals surface area contributed by atoms with Crippen LogP contribution in [0.25, 0.3) is 0 Å². The lowest BCUT2D eigenvalue weighted by Crippen LogP contribution is -2.46. The first-order valence-electron chi connectivity index (χ1n) is 8.80. The number of carbonyl (C=O) groups excluding carboxylic acids is 1. The summed E-state index contributed by atoms with van der Waals surface area (Å²) in [5.74, 6) is 0.566. The van der Waals surface area contributed by atoms with E-state index in [-0.39, 0.29) is 11.5 Å². The predicted octanol–water partition coefficient (Wildman–Crippen LogP) is 1.46. The van der Waals surface area contributed by atoms with E-state index in [1.807, 2.05) is 17.3 Å². The summed E-state index contributed by atoms with van der Waals surface area (Å²) in [6.45, 7) is 2.26. The van der Waals surface area contributed by atoms with Gasteiger partial charge in [-0.05, 0) is 43.2 Å². The normalized spacial score (nSPS) is 22.4. The summed E-state index contributed by atoms with van der Waals surface area (Å²) in [6.07, 6.45) is 10.8. The van der Waals surface area contributed by atoms with Gasteiger partial charge in [0.2, 0.25) is 0 Å². The summed E-state index contributed by atoms with van der Waals surface area (Å²) >= 11 is 0. The highest BCUT2D eigenvalue weighted by Crippen LogP contribution is 2.39. The Balaban J connectivity index is 1.34. The number of likely N-dealkylation sites (tertiary alicyclic amines) is 1. The minimum absolute atomic E-state index is 0.0610. The summed E-state index contributed by atoms with van der Waals surface area (Å²) in [5, 5.41) is 4.09. The van der Waals surface area contributed by atoms with Crippen LogP contribution >= 0.6 is 0 Å². The standard InChI is InChI=1S/C18H23N5O2/c1-22-16(2-5-21-22)17(24)23-6-3-18(4-7-23)9-14(12-25-18)8-15-10-19-13-20-11-15/h2,5,10-11,13-14H,3-4,6-9,12H2,1H3. The highest BCUT2D eigenvalue weighted by molar-refractivity contribution is 5.92. The Hall–Kier alpha value is -2.28. The molecule has 1 atom stereocenters. The molecular formula is C18H23N5O2. The molecule has 2 aliphatic rings. The van der Waals surface area contributed by atoms with E-state index in [0.29, 0.717) is 11.6 Å². The highest BCUT2D eigenvalue weighted by atomic mass is 16.5. The van der Waals surface area contributed by atoms with Crippen LogP contribution in [-0.4, -0.2) is 55.9 Å². The van der Waals surface area contributed by atoms with Gasteiger partial charge in [-0.1, -0.05) is 0 Å². The summed E-state index contributed by atoms with van der Waals surface area (Å²) < 4.78 is 7.85. The summed E-state index contributed by atoms with van der Waals surface area (Å²) in [6, 6.07) is 1.77. The maximum atomic E-state index is 12.6. The summed E-state index contributed by atoms with van der Waals surface area (Å²) in [5.41, 5.74) is 1.74. The SMILES string of the molecule is Cn1nccc1C(=O)N1CCC2(CC1)CC(Cc1cncnc1)CO2. The van der Waals surface area contributed by atoms with E-state index in [0.717, 1.165) is 50.9 Å². The second-order valence-electron chi connectivity index (χ2n) is 7.15. The van der Waals surface area contributed by atoms with Crippen LogP contribution in [0.4, 0.5) is 0 Å². The number of hydrogen-bond donors (Lipinski definition) is 0. The molecule has 0 N–H and O–H groups in total. The molecule has 4 heterocycles. The number of hydrogen-bond acceptors (Lipinski definition) is 5. The van der Waals surface area contributed by atoms with E-state index in [1.165, 1.54) is 0 Å². The monoisotopic (exact) mass is 341 g/mol. The quantitative estimate of drug-likeness (QED) is 0.845. The molecule has 7 heteroatoms. The molecule has 2 saturated heterocycles. The Kier molecular flexibility index (Phi) is 4.25. The number of carbonyl (C=O) groups is 1. The summed E-state index contributed by atoms with van der Waals surface area (Å²) in [7, 11) is 1.80. The van der Waals surface area contributed by atoms with Gasteiger partial charge in [-0.15, -0.1) is 0 Å². The van der Waals surface area contributed by atoms with Gasteiger partial charge in [0.05, 0.1) is 12.2 Å². The molecule has 132 valence electrons. The largest absolute Gasteiger partial charge is 0.375 e. The highest BCUT2D eigenvalue weighted by Gasteiger charge is 2.43. The zero-order valence-corrected chi connectivity index (χ0v) is 14.5. The van der Waals surface area contributed by atoms with Crippen LogP contribution in [0, 0.1) is 5.92 Å². The molecule has 0 aromatic carbocycles. The number of aryl methyl sites for hydroxylation is 1. The minimum Gasteiger partial charge on any atom is -0.375 e. The number of piperidine rings is 1. The minimum atomic E-state index is -0.0659. The second-order valence-corrected chi connectivity index (χ2v) is 7.15. The van der Waals surface area contributed by atoms with Crippen molar-refractivity contribution in [2.24, 2.45) is 13.0 Å². The maximum absolute atomic E-state index is 12.6. The van der Waals surface area contributed by atoms with Crippen molar-refractivity contribution in [2.75, 3.05) is 19.7 Å². The zero-order valence-electron chi connectivity index (χ0n) is 14.5. The molecule has 0 radical (unpaired) electrons. The van der Waals surface area contributed by atoms with Gasteiger partial charge in [0, 0.05) is 38.7 Å². The van der Waals surface area contributed by atoms with Gasteiger partial charge in [-0.3, -0.25) is 9.48 Å². The molecule has 1 unspecified atom stereocenters. The van der Waals surface area contributed by atoms with Gasteiger partial charge in [0.1, 0.15) is 12.0 Å². The molecule has 0 aliphatic carbocycles. The van der Waals surface area contributed by atoms with Crippen LogP contribution in [0.2, 0.25) is 0 Å². The third kappa shape index (κ3) is 3.28. The van der Waals surface area contributed by atoms with Gasteiger partial charge in [0.15, 0.2) is 0 Å². The topological polar surface area (TPSA) is 73.1 Å².